The molecule has 0 fully saturated rings. The molecule has 2 N–H and O–H groups in total. The van der Waals surface area contributed by atoms with Gasteiger partial charge in [0.1, 0.15) is 5.75 Å². The highest BCUT2D eigenvalue weighted by atomic mass is 35.5. The molecule has 0 aromatic heterocycles. The Balaban J connectivity index is 1.96. The molecule has 0 radical (unpaired) electrons. The van der Waals surface area contributed by atoms with Crippen LogP contribution in [0.3, 0.4) is 0 Å². The minimum Gasteiger partial charge on any atom is -0.481 e. The molecule has 0 saturated carbocycles. The second-order valence-corrected chi connectivity index (χ2v) is 7.75. The summed E-state index contributed by atoms with van der Waals surface area (Å²) in [7, 11) is 0. The van der Waals surface area contributed by atoms with Gasteiger partial charge in [0.2, 0.25) is 0 Å². The summed E-state index contributed by atoms with van der Waals surface area (Å²) in [4.78, 5) is 36.3. The predicted molar refractivity (Wildman–Crippen MR) is 108 cm³/mol. The van der Waals surface area contributed by atoms with Crippen molar-refractivity contribution >= 4 is 29.3 Å². The molecule has 0 aliphatic carbocycles. The molecular formula is C21H23ClN2O4. The van der Waals surface area contributed by atoms with Crippen LogP contribution in [0.5, 0.6) is 5.75 Å². The van der Waals surface area contributed by atoms with E-state index in [4.69, 9.17) is 16.3 Å². The van der Waals surface area contributed by atoms with Crippen molar-refractivity contribution in [2.24, 2.45) is 0 Å². The van der Waals surface area contributed by atoms with Crippen molar-refractivity contribution in [3.63, 3.8) is 0 Å². The number of urea groups is 1. The number of carbonyl (C=O) groups is 3. The van der Waals surface area contributed by atoms with Crippen molar-refractivity contribution in [1.82, 2.24) is 10.6 Å². The summed E-state index contributed by atoms with van der Waals surface area (Å²) in [5.74, 6) is -0.303. The summed E-state index contributed by atoms with van der Waals surface area (Å²) in [5.41, 5.74) is 0.549. The lowest BCUT2D eigenvalue weighted by Gasteiger charge is -2.21. The van der Waals surface area contributed by atoms with Crippen LogP contribution in [0.2, 0.25) is 5.02 Å². The first kappa shape index (κ1) is 21.4. The van der Waals surface area contributed by atoms with Crippen LogP contribution >= 0.6 is 11.6 Å². The van der Waals surface area contributed by atoms with Crippen LogP contribution in [0.15, 0.2) is 48.5 Å². The quantitative estimate of drug-likeness (QED) is 0.741. The first-order valence-electron chi connectivity index (χ1n) is 8.75. The van der Waals surface area contributed by atoms with Gasteiger partial charge in [-0.15, -0.1) is 0 Å². The fourth-order valence-electron chi connectivity index (χ4n) is 2.30. The van der Waals surface area contributed by atoms with Gasteiger partial charge >= 0.3 is 6.03 Å². The molecule has 6 nitrogen and oxygen atoms in total. The monoisotopic (exact) mass is 402 g/mol. The van der Waals surface area contributed by atoms with Gasteiger partial charge in [-0.2, -0.15) is 0 Å². The second kappa shape index (κ2) is 8.89. The fourth-order valence-corrected chi connectivity index (χ4v) is 2.42. The van der Waals surface area contributed by atoms with E-state index in [2.05, 4.69) is 10.6 Å². The number of nitrogens with one attached hydrogen (secondary N) is 2. The van der Waals surface area contributed by atoms with E-state index in [0.717, 1.165) is 0 Å². The number of ketones is 1. The van der Waals surface area contributed by atoms with Crippen molar-refractivity contribution in [2.75, 3.05) is 0 Å². The first-order valence-corrected chi connectivity index (χ1v) is 9.13. The van der Waals surface area contributed by atoms with E-state index in [-0.39, 0.29) is 5.78 Å². The van der Waals surface area contributed by atoms with Gasteiger partial charge in [-0.3, -0.25) is 14.9 Å². The van der Waals surface area contributed by atoms with E-state index >= 15 is 0 Å². The molecule has 0 spiro atoms. The lowest BCUT2D eigenvalue weighted by Crippen LogP contribution is -2.50. The highest BCUT2D eigenvalue weighted by molar-refractivity contribution is 6.30. The van der Waals surface area contributed by atoms with Crippen LogP contribution in [-0.4, -0.2) is 29.4 Å². The third kappa shape index (κ3) is 6.39. The maximum atomic E-state index is 12.4. The predicted octanol–water partition coefficient (Wildman–Crippen LogP) is 3.96. The topological polar surface area (TPSA) is 84.5 Å². The third-order valence-electron chi connectivity index (χ3n) is 3.63. The molecule has 0 unspecified atom stereocenters. The number of benzene rings is 2. The number of ether oxygens (including phenoxy) is 1. The van der Waals surface area contributed by atoms with Gasteiger partial charge in [-0.05, 0) is 76.2 Å². The van der Waals surface area contributed by atoms with Crippen molar-refractivity contribution < 1.29 is 19.1 Å². The molecule has 148 valence electrons. The minimum absolute atomic E-state index is 0.146. The van der Waals surface area contributed by atoms with E-state index in [1.165, 1.54) is 6.92 Å². The zero-order chi connectivity index (χ0) is 20.9. The minimum atomic E-state index is -0.886. The molecule has 7 heteroatoms. The number of hydrogen-bond donors (Lipinski definition) is 2. The summed E-state index contributed by atoms with van der Waals surface area (Å²) in [6, 6.07) is 12.5. The van der Waals surface area contributed by atoms with Gasteiger partial charge in [-0.25, -0.2) is 4.79 Å². The molecule has 0 bridgehead atoms. The fraction of sp³-hybridized carbons (Fsp3) is 0.286. The molecule has 0 aliphatic heterocycles. The molecule has 2 aromatic carbocycles. The van der Waals surface area contributed by atoms with Crippen LogP contribution in [0.4, 0.5) is 4.79 Å². The Morgan fingerprint density at radius 3 is 1.93 bits per heavy atom. The molecule has 0 saturated heterocycles. The molecule has 3 amide bonds. The third-order valence-corrected chi connectivity index (χ3v) is 3.88. The number of halogens is 1. The van der Waals surface area contributed by atoms with Gasteiger partial charge in [0.05, 0.1) is 0 Å². The van der Waals surface area contributed by atoms with Gasteiger partial charge < -0.3 is 10.1 Å². The van der Waals surface area contributed by atoms with Gasteiger partial charge in [0.15, 0.2) is 11.9 Å². The van der Waals surface area contributed by atoms with Crippen molar-refractivity contribution in [3.8, 4) is 5.75 Å². The Labute approximate surface area is 169 Å². The zero-order valence-electron chi connectivity index (χ0n) is 16.2. The first-order chi connectivity index (χ1) is 13.0. The lowest BCUT2D eigenvalue weighted by molar-refractivity contribution is -0.126. The van der Waals surface area contributed by atoms with Gasteiger partial charge in [0, 0.05) is 21.7 Å². The molecule has 2 aromatic rings. The van der Waals surface area contributed by atoms with Crippen LogP contribution in [-0.2, 0) is 4.79 Å². The second-order valence-electron chi connectivity index (χ2n) is 7.31. The Kier molecular flexibility index (Phi) is 6.80. The summed E-state index contributed by atoms with van der Waals surface area (Å²) >= 11 is 5.83. The molecule has 28 heavy (non-hydrogen) atoms. The van der Waals surface area contributed by atoms with Crippen LogP contribution in [0, 0.1) is 0 Å². The number of carbonyl (C=O) groups excluding carboxylic acids is 3. The number of rotatable bonds is 5. The molecule has 0 aliphatic rings. The van der Waals surface area contributed by atoms with Gasteiger partial charge in [0.25, 0.3) is 5.91 Å². The zero-order valence-corrected chi connectivity index (χ0v) is 17.0. The van der Waals surface area contributed by atoms with Crippen molar-refractivity contribution in [1.29, 1.82) is 0 Å². The molecule has 2 rings (SSSR count). The summed E-state index contributed by atoms with van der Waals surface area (Å²) in [5, 5.41) is 5.43. The Morgan fingerprint density at radius 2 is 1.43 bits per heavy atom. The number of imide groups is 1. The number of amides is 3. The lowest BCUT2D eigenvalue weighted by atomic mass is 10.0. The van der Waals surface area contributed by atoms with Gasteiger partial charge in [-0.1, -0.05) is 11.6 Å². The summed E-state index contributed by atoms with van der Waals surface area (Å²) in [6.07, 6.45) is -0.886. The number of hydrogen-bond acceptors (Lipinski definition) is 4. The normalized spacial score (nSPS) is 12.0. The Morgan fingerprint density at radius 1 is 0.929 bits per heavy atom. The van der Waals surface area contributed by atoms with Crippen LogP contribution < -0.4 is 15.4 Å². The standard InChI is InChI=1S/C21H23ClN2O4/c1-13(19(26)23-20(27)24-21(2,3)4)28-17-11-7-15(8-12-17)18(25)14-5-9-16(22)10-6-14/h5-13H,1-4H3,(H2,23,24,26,27)/t13-/m0/s1. The Bertz CT molecular complexity index is 855. The largest absolute Gasteiger partial charge is 0.481 e. The molecule has 0 heterocycles. The van der Waals surface area contributed by atoms with Crippen LogP contribution in [0.25, 0.3) is 0 Å². The van der Waals surface area contributed by atoms with E-state index in [1.807, 2.05) is 20.8 Å². The van der Waals surface area contributed by atoms with Crippen molar-refractivity contribution in [2.45, 2.75) is 39.3 Å². The van der Waals surface area contributed by atoms with E-state index < -0.39 is 23.6 Å². The van der Waals surface area contributed by atoms with Crippen LogP contribution in [0.1, 0.15) is 43.6 Å². The average molecular weight is 403 g/mol. The summed E-state index contributed by atoms with van der Waals surface area (Å²) < 4.78 is 5.54. The molecule has 1 atom stereocenters. The summed E-state index contributed by atoms with van der Waals surface area (Å²) in [6.45, 7) is 6.96. The average Bonchev–Trinajstić information content (AvgIpc) is 2.60. The SMILES string of the molecule is C[C@H](Oc1ccc(C(=O)c2ccc(Cl)cc2)cc1)C(=O)NC(=O)NC(C)(C)C. The maximum absolute atomic E-state index is 12.4. The highest BCUT2D eigenvalue weighted by Gasteiger charge is 2.20. The maximum Gasteiger partial charge on any atom is 0.321 e. The van der Waals surface area contributed by atoms with E-state index in [9.17, 15) is 14.4 Å². The molecular weight excluding hydrogens is 380 g/mol. The van der Waals surface area contributed by atoms with Crippen molar-refractivity contribution in [3.05, 3.63) is 64.7 Å². The smallest absolute Gasteiger partial charge is 0.321 e. The highest BCUT2D eigenvalue weighted by Crippen LogP contribution is 2.18. The Hall–Kier alpha value is -2.86. The van der Waals surface area contributed by atoms with E-state index in [1.54, 1.807) is 48.5 Å². The van der Waals surface area contributed by atoms with E-state index in [0.29, 0.717) is 21.9 Å².